The van der Waals surface area contributed by atoms with Crippen LogP contribution < -0.4 is 10.6 Å². The van der Waals surface area contributed by atoms with E-state index in [1.807, 2.05) is 0 Å². The van der Waals surface area contributed by atoms with Crippen LogP contribution in [-0.4, -0.2) is 45.0 Å². The summed E-state index contributed by atoms with van der Waals surface area (Å²) in [5, 5.41) is 5.29. The van der Waals surface area contributed by atoms with Gasteiger partial charge in [-0.1, -0.05) is 0 Å². The van der Waals surface area contributed by atoms with Crippen LogP contribution >= 0.6 is 0 Å². The molecule has 15 heavy (non-hydrogen) atoms. The molecular weight excluding hydrogens is 216 g/mol. The maximum atomic E-state index is 11.6. The van der Waals surface area contributed by atoms with E-state index in [4.69, 9.17) is 0 Å². The Balaban J connectivity index is 1.84. The second-order valence-electron chi connectivity index (χ2n) is 4.21. The predicted octanol–water partition coefficient (Wildman–Crippen LogP) is -1.10. The number of rotatable bonds is 3. The van der Waals surface area contributed by atoms with Gasteiger partial charge in [-0.3, -0.25) is 4.79 Å². The predicted molar refractivity (Wildman–Crippen MR) is 56.2 cm³/mol. The summed E-state index contributed by atoms with van der Waals surface area (Å²) in [7, 11) is -3.00. The average molecular weight is 232 g/mol. The first-order chi connectivity index (χ1) is 7.09. The molecule has 1 aliphatic heterocycles. The topological polar surface area (TPSA) is 75.3 Å². The van der Waals surface area contributed by atoms with Crippen LogP contribution in [0.2, 0.25) is 0 Å². The van der Waals surface area contributed by atoms with Crippen LogP contribution in [0.1, 0.15) is 12.8 Å². The van der Waals surface area contributed by atoms with E-state index < -0.39 is 15.1 Å². The molecule has 0 aromatic heterocycles. The first-order valence-corrected chi connectivity index (χ1v) is 7.01. The van der Waals surface area contributed by atoms with Gasteiger partial charge in [0.05, 0.1) is 11.0 Å². The van der Waals surface area contributed by atoms with Gasteiger partial charge < -0.3 is 10.6 Å². The average Bonchev–Trinajstić information content (AvgIpc) is 2.98. The standard InChI is InChI=1S/C9H16N2O3S/c12-9(7-1-2-7)11-6-8-5-10-3-4-15(8,13)14/h7-8,10H,1-6H2,(H,11,12). The molecule has 0 aromatic carbocycles. The number of carbonyl (C=O) groups is 1. The van der Waals surface area contributed by atoms with Gasteiger partial charge in [0.1, 0.15) is 0 Å². The zero-order chi connectivity index (χ0) is 10.9. The molecule has 86 valence electrons. The normalized spacial score (nSPS) is 29.7. The van der Waals surface area contributed by atoms with Crippen molar-refractivity contribution in [3.8, 4) is 0 Å². The van der Waals surface area contributed by atoms with Gasteiger partial charge in [0, 0.05) is 25.6 Å². The Bertz CT molecular complexity index is 348. The maximum absolute atomic E-state index is 11.6. The van der Waals surface area contributed by atoms with E-state index in [1.165, 1.54) is 0 Å². The van der Waals surface area contributed by atoms with Crippen molar-refractivity contribution in [1.82, 2.24) is 10.6 Å². The van der Waals surface area contributed by atoms with Gasteiger partial charge >= 0.3 is 0 Å². The number of hydrogen-bond acceptors (Lipinski definition) is 4. The highest BCUT2D eigenvalue weighted by molar-refractivity contribution is 7.92. The fraction of sp³-hybridized carbons (Fsp3) is 0.889. The number of carbonyl (C=O) groups excluding carboxylic acids is 1. The van der Waals surface area contributed by atoms with Crippen molar-refractivity contribution in [2.75, 3.05) is 25.4 Å². The molecule has 0 aromatic rings. The van der Waals surface area contributed by atoms with Crippen molar-refractivity contribution in [3.63, 3.8) is 0 Å². The summed E-state index contributed by atoms with van der Waals surface area (Å²) in [5.74, 6) is 0.330. The lowest BCUT2D eigenvalue weighted by Gasteiger charge is -2.23. The minimum atomic E-state index is -3.00. The van der Waals surface area contributed by atoms with Crippen molar-refractivity contribution in [2.45, 2.75) is 18.1 Å². The summed E-state index contributed by atoms with van der Waals surface area (Å²) in [5.41, 5.74) is 0. The number of nitrogens with one attached hydrogen (secondary N) is 2. The highest BCUT2D eigenvalue weighted by Gasteiger charge is 2.32. The summed E-state index contributed by atoms with van der Waals surface area (Å²) < 4.78 is 23.2. The summed E-state index contributed by atoms with van der Waals surface area (Å²) in [6, 6.07) is 0. The Morgan fingerprint density at radius 3 is 2.73 bits per heavy atom. The summed E-state index contributed by atoms with van der Waals surface area (Å²) in [6.07, 6.45) is 1.89. The molecule has 0 bridgehead atoms. The molecule has 6 heteroatoms. The number of amides is 1. The molecular formula is C9H16N2O3S. The lowest BCUT2D eigenvalue weighted by Crippen LogP contribution is -2.49. The van der Waals surface area contributed by atoms with Crippen molar-refractivity contribution in [3.05, 3.63) is 0 Å². The first kappa shape index (κ1) is 10.9. The van der Waals surface area contributed by atoms with E-state index in [-0.39, 0.29) is 24.1 Å². The molecule has 2 rings (SSSR count). The van der Waals surface area contributed by atoms with Gasteiger partial charge in [-0.05, 0) is 12.8 Å². The lowest BCUT2D eigenvalue weighted by atomic mass is 10.3. The number of hydrogen-bond donors (Lipinski definition) is 2. The summed E-state index contributed by atoms with van der Waals surface area (Å²) in [6.45, 7) is 1.23. The highest BCUT2D eigenvalue weighted by atomic mass is 32.2. The van der Waals surface area contributed by atoms with Crippen LogP contribution in [0, 0.1) is 5.92 Å². The van der Waals surface area contributed by atoms with Crippen LogP contribution in [0.5, 0.6) is 0 Å². The number of sulfone groups is 1. The molecule has 1 aliphatic carbocycles. The van der Waals surface area contributed by atoms with Crippen molar-refractivity contribution in [1.29, 1.82) is 0 Å². The molecule has 0 radical (unpaired) electrons. The quantitative estimate of drug-likeness (QED) is 0.647. The summed E-state index contributed by atoms with van der Waals surface area (Å²) >= 11 is 0. The van der Waals surface area contributed by atoms with Gasteiger partial charge in [-0.15, -0.1) is 0 Å². The first-order valence-electron chi connectivity index (χ1n) is 5.29. The van der Waals surface area contributed by atoms with Crippen molar-refractivity contribution < 1.29 is 13.2 Å². The van der Waals surface area contributed by atoms with Crippen molar-refractivity contribution >= 4 is 15.7 Å². The zero-order valence-corrected chi connectivity index (χ0v) is 9.35. The SMILES string of the molecule is O=C(NCC1CNCCS1(=O)=O)C1CC1. The second kappa shape index (κ2) is 4.09. The van der Waals surface area contributed by atoms with Gasteiger partial charge in [-0.2, -0.15) is 0 Å². The molecule has 1 heterocycles. The van der Waals surface area contributed by atoms with Crippen LogP contribution in [-0.2, 0) is 14.6 Å². The molecule has 1 saturated heterocycles. The third kappa shape index (κ3) is 2.69. The van der Waals surface area contributed by atoms with Crippen LogP contribution in [0.25, 0.3) is 0 Å². The van der Waals surface area contributed by atoms with Gasteiger partial charge in [0.15, 0.2) is 9.84 Å². The Morgan fingerprint density at radius 1 is 1.40 bits per heavy atom. The third-order valence-corrected chi connectivity index (χ3v) is 5.02. The smallest absolute Gasteiger partial charge is 0.223 e. The van der Waals surface area contributed by atoms with Crippen LogP contribution in [0.15, 0.2) is 0 Å². The maximum Gasteiger partial charge on any atom is 0.223 e. The summed E-state index contributed by atoms with van der Waals surface area (Å²) in [4.78, 5) is 11.3. The molecule has 1 saturated carbocycles. The van der Waals surface area contributed by atoms with E-state index in [0.29, 0.717) is 13.1 Å². The van der Waals surface area contributed by atoms with Gasteiger partial charge in [0.25, 0.3) is 0 Å². The Labute approximate surface area is 89.5 Å². The fourth-order valence-electron chi connectivity index (χ4n) is 1.67. The van der Waals surface area contributed by atoms with Crippen LogP contribution in [0.3, 0.4) is 0 Å². The third-order valence-electron chi connectivity index (χ3n) is 2.90. The molecule has 1 unspecified atom stereocenters. The zero-order valence-electron chi connectivity index (χ0n) is 8.53. The highest BCUT2D eigenvalue weighted by Crippen LogP contribution is 2.28. The molecule has 2 aliphatic rings. The lowest BCUT2D eigenvalue weighted by molar-refractivity contribution is -0.122. The van der Waals surface area contributed by atoms with E-state index in [9.17, 15) is 13.2 Å². The van der Waals surface area contributed by atoms with E-state index in [2.05, 4.69) is 10.6 Å². The second-order valence-corrected chi connectivity index (χ2v) is 6.61. The Morgan fingerprint density at radius 2 is 2.13 bits per heavy atom. The molecule has 2 N–H and O–H groups in total. The van der Waals surface area contributed by atoms with E-state index in [1.54, 1.807) is 0 Å². The van der Waals surface area contributed by atoms with Crippen LogP contribution in [0.4, 0.5) is 0 Å². The Kier molecular flexibility index (Phi) is 2.97. The van der Waals surface area contributed by atoms with Gasteiger partial charge in [-0.25, -0.2) is 8.42 Å². The minimum absolute atomic E-state index is 0.00998. The van der Waals surface area contributed by atoms with Crippen molar-refractivity contribution in [2.24, 2.45) is 5.92 Å². The molecule has 2 fully saturated rings. The van der Waals surface area contributed by atoms with Gasteiger partial charge in [0.2, 0.25) is 5.91 Å². The fourth-order valence-corrected chi connectivity index (χ4v) is 3.15. The van der Waals surface area contributed by atoms with E-state index >= 15 is 0 Å². The minimum Gasteiger partial charge on any atom is -0.355 e. The molecule has 1 amide bonds. The molecule has 0 spiro atoms. The molecule has 5 nitrogen and oxygen atoms in total. The Hall–Kier alpha value is -0.620. The monoisotopic (exact) mass is 232 g/mol. The largest absolute Gasteiger partial charge is 0.355 e. The molecule has 1 atom stereocenters. The van der Waals surface area contributed by atoms with E-state index in [0.717, 1.165) is 12.8 Å².